The lowest BCUT2D eigenvalue weighted by atomic mass is 9.82. The van der Waals surface area contributed by atoms with Gasteiger partial charge in [0.25, 0.3) is 0 Å². The highest BCUT2D eigenvalue weighted by Gasteiger charge is 2.31. The molecular weight excluding hydrogens is 272 g/mol. The summed E-state index contributed by atoms with van der Waals surface area (Å²) < 4.78 is 6.19. The number of rotatable bonds is 5. The zero-order valence-corrected chi connectivity index (χ0v) is 13.4. The van der Waals surface area contributed by atoms with Crippen molar-refractivity contribution in [2.75, 3.05) is 5.32 Å². The monoisotopic (exact) mass is 296 g/mol. The van der Waals surface area contributed by atoms with Crippen LogP contribution >= 0.6 is 0 Å². The minimum Gasteiger partial charge on any atom is -0.453 e. The third kappa shape index (κ3) is 2.57. The smallest absolute Gasteiger partial charge is 0.156 e. The van der Waals surface area contributed by atoms with Crippen molar-refractivity contribution in [1.82, 2.24) is 0 Å². The van der Waals surface area contributed by atoms with Crippen molar-refractivity contribution < 1.29 is 4.74 Å². The fraction of sp³-hybridized carbons (Fsp3) is 0.368. The number of para-hydroxylation sites is 3. The molecule has 0 spiro atoms. The van der Waals surface area contributed by atoms with Crippen molar-refractivity contribution in [3.05, 3.63) is 48.0 Å². The molecule has 0 aliphatic carbocycles. The molecule has 3 N–H and O–H groups in total. The first-order chi connectivity index (χ1) is 10.7. The van der Waals surface area contributed by atoms with Crippen molar-refractivity contribution in [2.45, 2.75) is 45.1 Å². The minimum atomic E-state index is -0.338. The van der Waals surface area contributed by atoms with Crippen LogP contribution in [0.3, 0.4) is 0 Å². The van der Waals surface area contributed by atoms with E-state index in [2.05, 4.69) is 31.3 Å². The van der Waals surface area contributed by atoms with E-state index in [1.807, 2.05) is 30.3 Å². The predicted octanol–water partition coefficient (Wildman–Crippen LogP) is 5.29. The number of benzene rings is 2. The molecule has 0 aromatic heterocycles. The van der Waals surface area contributed by atoms with Gasteiger partial charge in [0.1, 0.15) is 0 Å². The third-order valence-electron chi connectivity index (χ3n) is 4.53. The molecule has 2 aromatic rings. The van der Waals surface area contributed by atoms with E-state index in [0.717, 1.165) is 54.1 Å². The molecule has 1 aliphatic rings. The highest BCUT2D eigenvalue weighted by atomic mass is 16.5. The lowest BCUT2D eigenvalue weighted by molar-refractivity contribution is 0.361. The maximum absolute atomic E-state index is 6.74. The summed E-state index contributed by atoms with van der Waals surface area (Å²) in [6.45, 7) is 4.35. The van der Waals surface area contributed by atoms with Gasteiger partial charge in [0.05, 0.1) is 11.4 Å². The van der Waals surface area contributed by atoms with Crippen LogP contribution in [0.4, 0.5) is 11.4 Å². The SMILES string of the molecule is CCCCC(N)(CC)c1cccc2c1Oc1ccccc1N2. The van der Waals surface area contributed by atoms with Gasteiger partial charge < -0.3 is 15.8 Å². The highest BCUT2D eigenvalue weighted by Crippen LogP contribution is 2.47. The second-order valence-electron chi connectivity index (χ2n) is 6.02. The average molecular weight is 296 g/mol. The Hall–Kier alpha value is -2.00. The van der Waals surface area contributed by atoms with E-state index in [1.165, 1.54) is 0 Å². The zero-order chi connectivity index (χ0) is 15.6. The van der Waals surface area contributed by atoms with Crippen molar-refractivity contribution in [3.8, 4) is 11.5 Å². The Balaban J connectivity index is 2.02. The maximum atomic E-state index is 6.74. The van der Waals surface area contributed by atoms with Crippen molar-refractivity contribution >= 4 is 11.4 Å². The second-order valence-corrected chi connectivity index (χ2v) is 6.02. The maximum Gasteiger partial charge on any atom is 0.156 e. The van der Waals surface area contributed by atoms with Gasteiger partial charge in [0.15, 0.2) is 11.5 Å². The van der Waals surface area contributed by atoms with E-state index in [-0.39, 0.29) is 5.54 Å². The number of anilines is 2. The molecular formula is C19H24N2O. The minimum absolute atomic E-state index is 0.338. The summed E-state index contributed by atoms with van der Waals surface area (Å²) >= 11 is 0. The fourth-order valence-corrected chi connectivity index (χ4v) is 3.05. The number of nitrogens with one attached hydrogen (secondary N) is 1. The van der Waals surface area contributed by atoms with Gasteiger partial charge in [-0.1, -0.05) is 51.0 Å². The van der Waals surface area contributed by atoms with Crippen LogP contribution in [0.25, 0.3) is 0 Å². The lowest BCUT2D eigenvalue weighted by Crippen LogP contribution is -2.36. The molecule has 0 amide bonds. The molecule has 1 unspecified atom stereocenters. The molecule has 1 aliphatic heterocycles. The summed E-state index contributed by atoms with van der Waals surface area (Å²) in [6, 6.07) is 14.2. The van der Waals surface area contributed by atoms with E-state index < -0.39 is 0 Å². The highest BCUT2D eigenvalue weighted by molar-refractivity contribution is 5.77. The van der Waals surface area contributed by atoms with E-state index in [4.69, 9.17) is 10.5 Å². The summed E-state index contributed by atoms with van der Waals surface area (Å²) in [5.41, 5.74) is 9.50. The van der Waals surface area contributed by atoms with Gasteiger partial charge in [-0.15, -0.1) is 0 Å². The van der Waals surface area contributed by atoms with Crippen LogP contribution in [0.5, 0.6) is 11.5 Å². The predicted molar refractivity (Wildman–Crippen MR) is 91.9 cm³/mol. The van der Waals surface area contributed by atoms with Crippen LogP contribution in [-0.4, -0.2) is 0 Å². The summed E-state index contributed by atoms with van der Waals surface area (Å²) in [4.78, 5) is 0. The molecule has 0 fully saturated rings. The van der Waals surface area contributed by atoms with Crippen LogP contribution in [0.2, 0.25) is 0 Å². The van der Waals surface area contributed by atoms with Gasteiger partial charge in [0.2, 0.25) is 0 Å². The average Bonchev–Trinajstić information content (AvgIpc) is 2.57. The molecule has 1 heterocycles. The number of hydrogen-bond acceptors (Lipinski definition) is 3. The lowest BCUT2D eigenvalue weighted by Gasteiger charge is -2.33. The topological polar surface area (TPSA) is 47.3 Å². The second kappa shape index (κ2) is 6.01. The van der Waals surface area contributed by atoms with Crippen LogP contribution in [0.1, 0.15) is 45.1 Å². The van der Waals surface area contributed by atoms with Crippen molar-refractivity contribution in [1.29, 1.82) is 0 Å². The largest absolute Gasteiger partial charge is 0.453 e. The van der Waals surface area contributed by atoms with Gasteiger partial charge in [-0.05, 0) is 31.0 Å². The van der Waals surface area contributed by atoms with Gasteiger partial charge in [0, 0.05) is 11.1 Å². The van der Waals surface area contributed by atoms with E-state index in [1.54, 1.807) is 0 Å². The molecule has 2 aromatic carbocycles. The number of ether oxygens (including phenoxy) is 1. The molecule has 3 rings (SSSR count). The van der Waals surface area contributed by atoms with E-state index in [9.17, 15) is 0 Å². The Kier molecular flexibility index (Phi) is 4.08. The quantitative estimate of drug-likeness (QED) is 0.672. The van der Waals surface area contributed by atoms with Crippen molar-refractivity contribution in [2.24, 2.45) is 5.73 Å². The van der Waals surface area contributed by atoms with Crippen LogP contribution < -0.4 is 15.8 Å². The first-order valence-electron chi connectivity index (χ1n) is 8.14. The molecule has 0 saturated carbocycles. The number of hydrogen-bond donors (Lipinski definition) is 2. The summed E-state index contributed by atoms with van der Waals surface area (Å²) in [7, 11) is 0. The summed E-state index contributed by atoms with van der Waals surface area (Å²) in [6.07, 6.45) is 4.14. The van der Waals surface area contributed by atoms with Crippen LogP contribution in [-0.2, 0) is 5.54 Å². The number of fused-ring (bicyclic) bond motifs is 2. The standard InChI is InChI=1S/C19H24N2O/c1-3-5-13-19(20,4-2)14-9-8-11-16-18(14)22-17-12-7-6-10-15(17)21-16/h6-12,21H,3-5,13,20H2,1-2H3. The zero-order valence-electron chi connectivity index (χ0n) is 13.4. The Morgan fingerprint density at radius 3 is 2.59 bits per heavy atom. The number of nitrogens with two attached hydrogens (primary N) is 1. The molecule has 116 valence electrons. The number of unbranched alkanes of at least 4 members (excludes halogenated alkanes) is 1. The molecule has 1 atom stereocenters. The summed E-state index contributed by atoms with van der Waals surface area (Å²) in [5, 5.41) is 3.45. The molecule has 3 nitrogen and oxygen atoms in total. The summed E-state index contributed by atoms with van der Waals surface area (Å²) in [5.74, 6) is 1.73. The normalized spacial score (nSPS) is 15.0. The van der Waals surface area contributed by atoms with Gasteiger partial charge >= 0.3 is 0 Å². The Labute approximate surface area is 132 Å². The Morgan fingerprint density at radius 1 is 1.05 bits per heavy atom. The van der Waals surface area contributed by atoms with Gasteiger partial charge in [-0.25, -0.2) is 0 Å². The molecule has 0 bridgehead atoms. The first kappa shape index (κ1) is 14.9. The molecule has 0 radical (unpaired) electrons. The Morgan fingerprint density at radius 2 is 1.82 bits per heavy atom. The third-order valence-corrected chi connectivity index (χ3v) is 4.53. The van der Waals surface area contributed by atoms with Crippen LogP contribution in [0, 0.1) is 0 Å². The first-order valence-corrected chi connectivity index (χ1v) is 8.14. The fourth-order valence-electron chi connectivity index (χ4n) is 3.05. The van der Waals surface area contributed by atoms with Gasteiger partial charge in [-0.3, -0.25) is 0 Å². The van der Waals surface area contributed by atoms with E-state index in [0.29, 0.717) is 0 Å². The van der Waals surface area contributed by atoms with Gasteiger partial charge in [-0.2, -0.15) is 0 Å². The van der Waals surface area contributed by atoms with Crippen molar-refractivity contribution in [3.63, 3.8) is 0 Å². The Bertz CT molecular complexity index is 668. The molecule has 0 saturated heterocycles. The molecule has 22 heavy (non-hydrogen) atoms. The van der Waals surface area contributed by atoms with Crippen LogP contribution in [0.15, 0.2) is 42.5 Å². The van der Waals surface area contributed by atoms with E-state index >= 15 is 0 Å². The molecule has 3 heteroatoms.